The van der Waals surface area contributed by atoms with E-state index in [-0.39, 0.29) is 11.8 Å². The van der Waals surface area contributed by atoms with Gasteiger partial charge in [-0.2, -0.15) is 0 Å². The molecule has 0 aliphatic carbocycles. The Morgan fingerprint density at radius 1 is 0.867 bits per heavy atom. The molecule has 1 aromatic heterocycles. The second-order valence-electron chi connectivity index (χ2n) is 6.90. The third kappa shape index (κ3) is 4.50. The number of fused-ring (bicyclic) bond motifs is 1. The first kappa shape index (κ1) is 19.7. The smallest absolute Gasteiger partial charge is 0.265 e. The fourth-order valence-corrected chi connectivity index (χ4v) is 4.17. The van der Waals surface area contributed by atoms with Crippen molar-refractivity contribution < 1.29 is 9.59 Å². The number of nitrogen functional groups attached to an aromatic ring is 1. The second-order valence-corrected chi connectivity index (χ2v) is 7.98. The standard InChI is InChI=1S/C24H21N3O2S/c25-19-8-4-5-9-20(19)27-24(29)22-15-18-11-10-16(14-21(18)30-22)12-13-26-23(28)17-6-2-1-3-7-17/h1-11,14-15H,12-13,25H2,(H,26,28)(H,27,29). The van der Waals surface area contributed by atoms with E-state index >= 15 is 0 Å². The number of carbonyl (C=O) groups excluding carboxylic acids is 2. The second kappa shape index (κ2) is 8.80. The van der Waals surface area contributed by atoms with Gasteiger partial charge >= 0.3 is 0 Å². The summed E-state index contributed by atoms with van der Waals surface area (Å²) >= 11 is 1.44. The number of hydrogen-bond donors (Lipinski definition) is 3. The van der Waals surface area contributed by atoms with Gasteiger partial charge in [0.2, 0.25) is 0 Å². The first-order chi connectivity index (χ1) is 14.6. The minimum Gasteiger partial charge on any atom is -0.397 e. The van der Waals surface area contributed by atoms with Crippen molar-refractivity contribution in [2.75, 3.05) is 17.6 Å². The van der Waals surface area contributed by atoms with Crippen molar-refractivity contribution in [3.05, 3.63) is 94.9 Å². The molecule has 150 valence electrons. The zero-order valence-corrected chi connectivity index (χ0v) is 17.0. The van der Waals surface area contributed by atoms with Crippen molar-refractivity contribution in [3.63, 3.8) is 0 Å². The number of para-hydroxylation sites is 2. The van der Waals surface area contributed by atoms with Crippen molar-refractivity contribution >= 4 is 44.6 Å². The van der Waals surface area contributed by atoms with Crippen molar-refractivity contribution in [2.24, 2.45) is 0 Å². The van der Waals surface area contributed by atoms with Gasteiger partial charge in [0.1, 0.15) is 0 Å². The Morgan fingerprint density at radius 2 is 1.63 bits per heavy atom. The minimum absolute atomic E-state index is 0.0769. The summed E-state index contributed by atoms with van der Waals surface area (Å²) in [5, 5.41) is 6.82. The van der Waals surface area contributed by atoms with E-state index < -0.39 is 0 Å². The molecule has 0 bridgehead atoms. The molecule has 0 aliphatic heterocycles. The lowest BCUT2D eigenvalue weighted by atomic mass is 10.1. The zero-order valence-electron chi connectivity index (χ0n) is 16.2. The van der Waals surface area contributed by atoms with Gasteiger partial charge in [0.05, 0.1) is 16.3 Å². The van der Waals surface area contributed by atoms with Crippen LogP contribution in [0.1, 0.15) is 25.6 Å². The molecule has 1 heterocycles. The largest absolute Gasteiger partial charge is 0.397 e. The highest BCUT2D eigenvalue weighted by atomic mass is 32.1. The number of amides is 2. The number of nitrogens with one attached hydrogen (secondary N) is 2. The number of benzene rings is 3. The average Bonchev–Trinajstić information content (AvgIpc) is 3.19. The number of thiophene rings is 1. The van der Waals surface area contributed by atoms with Gasteiger partial charge in [0.25, 0.3) is 11.8 Å². The lowest BCUT2D eigenvalue weighted by molar-refractivity contribution is 0.0953. The van der Waals surface area contributed by atoms with Gasteiger partial charge in [-0.05, 0) is 53.8 Å². The van der Waals surface area contributed by atoms with E-state index in [1.54, 1.807) is 24.3 Å². The Bertz CT molecular complexity index is 1200. The molecule has 0 atom stereocenters. The van der Waals surface area contributed by atoms with E-state index in [2.05, 4.69) is 16.7 Å². The van der Waals surface area contributed by atoms with E-state index in [0.29, 0.717) is 34.8 Å². The molecular weight excluding hydrogens is 394 g/mol. The van der Waals surface area contributed by atoms with Gasteiger partial charge in [-0.25, -0.2) is 0 Å². The highest BCUT2D eigenvalue weighted by molar-refractivity contribution is 7.20. The molecule has 0 unspecified atom stereocenters. The van der Waals surface area contributed by atoms with Crippen LogP contribution in [0, 0.1) is 0 Å². The van der Waals surface area contributed by atoms with Crippen molar-refractivity contribution in [2.45, 2.75) is 6.42 Å². The van der Waals surface area contributed by atoms with Crippen molar-refractivity contribution in [1.82, 2.24) is 5.32 Å². The van der Waals surface area contributed by atoms with Crippen LogP contribution in [-0.2, 0) is 6.42 Å². The first-order valence-corrected chi connectivity index (χ1v) is 10.4. The minimum atomic E-state index is -0.175. The third-order valence-corrected chi connectivity index (χ3v) is 5.85. The van der Waals surface area contributed by atoms with Crippen LogP contribution in [0.4, 0.5) is 11.4 Å². The quantitative estimate of drug-likeness (QED) is 0.399. The number of carbonyl (C=O) groups is 2. The number of nitrogens with two attached hydrogens (primary N) is 1. The van der Waals surface area contributed by atoms with Crippen LogP contribution in [0.5, 0.6) is 0 Å². The van der Waals surface area contributed by atoms with Crippen molar-refractivity contribution in [1.29, 1.82) is 0 Å². The maximum Gasteiger partial charge on any atom is 0.265 e. The molecule has 4 rings (SSSR count). The van der Waals surface area contributed by atoms with Crippen LogP contribution in [0.15, 0.2) is 78.9 Å². The molecule has 4 aromatic rings. The molecular formula is C24H21N3O2S. The fraction of sp³-hybridized carbons (Fsp3) is 0.0833. The van der Waals surface area contributed by atoms with E-state index in [0.717, 1.165) is 15.6 Å². The number of rotatable bonds is 6. The molecule has 0 aliphatic rings. The number of anilines is 2. The van der Waals surface area contributed by atoms with Crippen LogP contribution in [0.3, 0.4) is 0 Å². The van der Waals surface area contributed by atoms with E-state index in [1.807, 2.05) is 48.5 Å². The van der Waals surface area contributed by atoms with E-state index in [9.17, 15) is 9.59 Å². The Morgan fingerprint density at radius 3 is 2.43 bits per heavy atom. The topological polar surface area (TPSA) is 84.2 Å². The molecule has 0 fully saturated rings. The molecule has 5 nitrogen and oxygen atoms in total. The highest BCUT2D eigenvalue weighted by Crippen LogP contribution is 2.28. The summed E-state index contributed by atoms with van der Waals surface area (Å²) in [4.78, 5) is 25.4. The highest BCUT2D eigenvalue weighted by Gasteiger charge is 2.12. The molecule has 6 heteroatoms. The molecule has 0 radical (unpaired) electrons. The van der Waals surface area contributed by atoms with Gasteiger partial charge in [-0.15, -0.1) is 11.3 Å². The van der Waals surface area contributed by atoms with Crippen LogP contribution in [0.2, 0.25) is 0 Å². The van der Waals surface area contributed by atoms with Crippen LogP contribution in [0.25, 0.3) is 10.1 Å². The molecule has 4 N–H and O–H groups in total. The average molecular weight is 416 g/mol. The van der Waals surface area contributed by atoms with Gasteiger partial charge in [-0.3, -0.25) is 9.59 Å². The van der Waals surface area contributed by atoms with Crippen LogP contribution >= 0.6 is 11.3 Å². The zero-order chi connectivity index (χ0) is 20.9. The van der Waals surface area contributed by atoms with Gasteiger partial charge in [0.15, 0.2) is 0 Å². The SMILES string of the molecule is Nc1ccccc1NC(=O)c1cc2ccc(CCNC(=O)c3ccccc3)cc2s1. The normalized spacial score (nSPS) is 10.7. The van der Waals surface area contributed by atoms with Crippen LogP contribution < -0.4 is 16.4 Å². The van der Waals surface area contributed by atoms with Gasteiger partial charge in [-0.1, -0.05) is 42.5 Å². The number of hydrogen-bond acceptors (Lipinski definition) is 4. The lowest BCUT2D eigenvalue weighted by Gasteiger charge is -2.06. The van der Waals surface area contributed by atoms with Crippen molar-refractivity contribution in [3.8, 4) is 0 Å². The Labute approximate surface area is 178 Å². The summed E-state index contributed by atoms with van der Waals surface area (Å²) in [6, 6.07) is 24.4. The summed E-state index contributed by atoms with van der Waals surface area (Å²) in [7, 11) is 0. The van der Waals surface area contributed by atoms with E-state index in [1.165, 1.54) is 11.3 Å². The molecule has 30 heavy (non-hydrogen) atoms. The first-order valence-electron chi connectivity index (χ1n) is 9.62. The fourth-order valence-electron chi connectivity index (χ4n) is 3.15. The summed E-state index contributed by atoms with van der Waals surface area (Å²) in [5.41, 5.74) is 8.81. The summed E-state index contributed by atoms with van der Waals surface area (Å²) in [6.07, 6.45) is 0.717. The maximum absolute atomic E-state index is 12.6. The molecule has 2 amide bonds. The predicted octanol–water partition coefficient (Wildman–Crippen LogP) is 4.71. The summed E-state index contributed by atoms with van der Waals surface area (Å²) in [6.45, 7) is 0.547. The maximum atomic E-state index is 12.6. The Hall–Kier alpha value is -3.64. The predicted molar refractivity (Wildman–Crippen MR) is 123 cm³/mol. The Balaban J connectivity index is 1.40. The van der Waals surface area contributed by atoms with Gasteiger partial charge < -0.3 is 16.4 Å². The van der Waals surface area contributed by atoms with E-state index in [4.69, 9.17) is 5.73 Å². The van der Waals surface area contributed by atoms with Gasteiger partial charge in [0, 0.05) is 16.8 Å². The molecule has 0 saturated carbocycles. The molecule has 0 spiro atoms. The Kier molecular flexibility index (Phi) is 5.77. The molecule has 3 aromatic carbocycles. The third-order valence-electron chi connectivity index (χ3n) is 4.75. The summed E-state index contributed by atoms with van der Waals surface area (Å²) in [5.74, 6) is -0.252. The lowest BCUT2D eigenvalue weighted by Crippen LogP contribution is -2.25. The van der Waals surface area contributed by atoms with Crippen LogP contribution in [-0.4, -0.2) is 18.4 Å². The summed E-state index contributed by atoms with van der Waals surface area (Å²) < 4.78 is 1.04. The molecule has 0 saturated heterocycles. The monoisotopic (exact) mass is 415 g/mol.